The first-order valence-corrected chi connectivity index (χ1v) is 7.48. The number of aromatic amines is 1. The summed E-state index contributed by atoms with van der Waals surface area (Å²) < 4.78 is 6.14. The van der Waals surface area contributed by atoms with Gasteiger partial charge in [0.05, 0.1) is 35.5 Å². The van der Waals surface area contributed by atoms with Crippen LogP contribution in [0.4, 0.5) is 0 Å². The number of ether oxygens (including phenoxy) is 1. The fourth-order valence-corrected chi connectivity index (χ4v) is 3.19. The summed E-state index contributed by atoms with van der Waals surface area (Å²) in [6, 6.07) is 5.92. The van der Waals surface area contributed by atoms with Crippen LogP contribution in [-0.2, 0) is 5.41 Å². The number of halogens is 1. The minimum atomic E-state index is -0.151. The molecule has 0 bridgehead atoms. The van der Waals surface area contributed by atoms with Crippen molar-refractivity contribution >= 4 is 15.9 Å². The molecule has 106 valence electrons. The molecular formula is C15H17BrN2O2. The van der Waals surface area contributed by atoms with Gasteiger partial charge in [-0.15, -0.1) is 0 Å². The predicted molar refractivity (Wildman–Crippen MR) is 80.9 cm³/mol. The van der Waals surface area contributed by atoms with Crippen molar-refractivity contribution in [3.8, 4) is 17.0 Å². The summed E-state index contributed by atoms with van der Waals surface area (Å²) in [7, 11) is 1.65. The Kier molecular flexibility index (Phi) is 3.56. The molecule has 0 saturated heterocycles. The lowest BCUT2D eigenvalue weighted by molar-refractivity contribution is 0.113. The van der Waals surface area contributed by atoms with Crippen LogP contribution in [0, 0.1) is 0 Å². The minimum Gasteiger partial charge on any atom is -0.496 e. The first-order chi connectivity index (χ1) is 9.68. The molecule has 1 saturated carbocycles. The van der Waals surface area contributed by atoms with Gasteiger partial charge in [-0.1, -0.05) is 6.42 Å². The predicted octanol–water partition coefficient (Wildman–Crippen LogP) is 3.26. The summed E-state index contributed by atoms with van der Waals surface area (Å²) in [5, 5.41) is 9.60. The summed E-state index contributed by atoms with van der Waals surface area (Å²) in [5.74, 6) is 1.70. The highest BCUT2D eigenvalue weighted by Crippen LogP contribution is 2.42. The van der Waals surface area contributed by atoms with Gasteiger partial charge in [-0.05, 0) is 47.0 Å². The highest BCUT2D eigenvalue weighted by atomic mass is 79.9. The summed E-state index contributed by atoms with van der Waals surface area (Å²) in [6.07, 6.45) is 5.00. The van der Waals surface area contributed by atoms with E-state index in [4.69, 9.17) is 4.74 Å². The molecule has 1 heterocycles. The molecule has 2 aromatic rings. The van der Waals surface area contributed by atoms with E-state index in [0.717, 1.165) is 46.6 Å². The van der Waals surface area contributed by atoms with Crippen LogP contribution < -0.4 is 4.74 Å². The average molecular weight is 337 g/mol. The molecule has 1 aliphatic carbocycles. The fraction of sp³-hybridized carbons (Fsp3) is 0.400. The minimum absolute atomic E-state index is 0.151. The number of methoxy groups -OCH3 is 1. The van der Waals surface area contributed by atoms with Gasteiger partial charge in [0.25, 0.3) is 0 Å². The topological polar surface area (TPSA) is 58.1 Å². The number of nitrogens with one attached hydrogen (secondary N) is 1. The smallest absolute Gasteiger partial charge is 0.133 e. The molecule has 5 heteroatoms. The van der Waals surface area contributed by atoms with Gasteiger partial charge in [-0.25, -0.2) is 4.98 Å². The second-order valence-electron chi connectivity index (χ2n) is 5.29. The van der Waals surface area contributed by atoms with Crippen LogP contribution >= 0.6 is 15.9 Å². The number of aliphatic hydroxyl groups excluding tert-OH is 1. The Hall–Kier alpha value is -1.33. The Labute approximate surface area is 126 Å². The molecular weight excluding hydrogens is 320 g/mol. The normalized spacial score (nSPS) is 16.8. The number of benzene rings is 1. The van der Waals surface area contributed by atoms with Crippen molar-refractivity contribution in [3.63, 3.8) is 0 Å². The number of imidazole rings is 1. The highest BCUT2D eigenvalue weighted by Gasteiger charge is 2.40. The van der Waals surface area contributed by atoms with E-state index in [2.05, 4.69) is 25.9 Å². The number of hydrogen-bond acceptors (Lipinski definition) is 3. The number of hydrogen-bond donors (Lipinski definition) is 2. The third kappa shape index (κ3) is 2.15. The van der Waals surface area contributed by atoms with Crippen molar-refractivity contribution in [2.45, 2.75) is 24.7 Å². The van der Waals surface area contributed by atoms with Crippen molar-refractivity contribution in [2.75, 3.05) is 13.7 Å². The Morgan fingerprint density at radius 3 is 2.80 bits per heavy atom. The molecule has 1 fully saturated rings. The summed E-state index contributed by atoms with van der Waals surface area (Å²) in [6.45, 7) is 0.159. The standard InChI is InChI=1S/C15H17BrN2O2/c1-20-13-4-3-10(7-11(13)16)12-8-17-14(18-12)15(9-19)5-2-6-15/h3-4,7-8,19H,2,5-6,9H2,1H3,(H,17,18). The van der Waals surface area contributed by atoms with Crippen LogP contribution in [0.3, 0.4) is 0 Å². The van der Waals surface area contributed by atoms with Gasteiger partial charge in [0.15, 0.2) is 0 Å². The molecule has 20 heavy (non-hydrogen) atoms. The number of nitrogens with zero attached hydrogens (tertiary/aromatic N) is 1. The van der Waals surface area contributed by atoms with Gasteiger partial charge in [-0.3, -0.25) is 0 Å². The van der Waals surface area contributed by atoms with Crippen LogP contribution in [0.1, 0.15) is 25.1 Å². The number of rotatable bonds is 4. The van der Waals surface area contributed by atoms with Gasteiger partial charge in [0.2, 0.25) is 0 Å². The molecule has 1 aliphatic rings. The van der Waals surface area contributed by atoms with Gasteiger partial charge >= 0.3 is 0 Å². The maximum absolute atomic E-state index is 9.60. The largest absolute Gasteiger partial charge is 0.496 e. The Bertz CT molecular complexity index is 615. The van der Waals surface area contributed by atoms with Gasteiger partial charge in [0, 0.05) is 5.56 Å². The van der Waals surface area contributed by atoms with Crippen LogP contribution in [0.25, 0.3) is 11.3 Å². The third-order valence-corrected chi connectivity index (χ3v) is 4.77. The van der Waals surface area contributed by atoms with E-state index in [1.807, 2.05) is 24.4 Å². The number of H-pyrrole nitrogens is 1. The molecule has 0 spiro atoms. The SMILES string of the molecule is COc1ccc(-c2cnc(C3(CO)CCC3)[nH]2)cc1Br. The highest BCUT2D eigenvalue weighted by molar-refractivity contribution is 9.10. The molecule has 3 rings (SSSR count). The van der Waals surface area contributed by atoms with Crippen molar-refractivity contribution in [3.05, 3.63) is 34.7 Å². The zero-order valence-electron chi connectivity index (χ0n) is 11.3. The molecule has 2 N–H and O–H groups in total. The van der Waals surface area contributed by atoms with Crippen molar-refractivity contribution < 1.29 is 9.84 Å². The lowest BCUT2D eigenvalue weighted by atomic mass is 9.69. The van der Waals surface area contributed by atoms with Crippen molar-refractivity contribution in [1.29, 1.82) is 0 Å². The van der Waals surface area contributed by atoms with E-state index in [1.165, 1.54) is 0 Å². The van der Waals surface area contributed by atoms with E-state index in [9.17, 15) is 5.11 Å². The Balaban J connectivity index is 1.92. The maximum Gasteiger partial charge on any atom is 0.133 e. The van der Waals surface area contributed by atoms with E-state index in [-0.39, 0.29) is 12.0 Å². The second kappa shape index (κ2) is 5.22. The number of aromatic nitrogens is 2. The third-order valence-electron chi connectivity index (χ3n) is 4.15. The van der Waals surface area contributed by atoms with E-state index < -0.39 is 0 Å². The van der Waals surface area contributed by atoms with Crippen LogP contribution in [0.5, 0.6) is 5.75 Å². The van der Waals surface area contributed by atoms with Crippen molar-refractivity contribution in [1.82, 2.24) is 9.97 Å². The monoisotopic (exact) mass is 336 g/mol. The summed E-state index contributed by atoms with van der Waals surface area (Å²) in [4.78, 5) is 7.82. The summed E-state index contributed by atoms with van der Waals surface area (Å²) >= 11 is 3.49. The molecule has 4 nitrogen and oxygen atoms in total. The average Bonchev–Trinajstić information content (AvgIpc) is 2.88. The number of aliphatic hydroxyl groups is 1. The quantitative estimate of drug-likeness (QED) is 0.900. The van der Waals surface area contributed by atoms with E-state index >= 15 is 0 Å². The molecule has 1 aromatic heterocycles. The molecule has 0 amide bonds. The van der Waals surface area contributed by atoms with Gasteiger partial charge < -0.3 is 14.8 Å². The lowest BCUT2D eigenvalue weighted by Gasteiger charge is -2.38. The zero-order chi connectivity index (χ0) is 14.2. The fourth-order valence-electron chi connectivity index (χ4n) is 2.64. The molecule has 0 unspecified atom stereocenters. The molecule has 0 radical (unpaired) electrons. The molecule has 0 atom stereocenters. The summed E-state index contributed by atoms with van der Waals surface area (Å²) in [5.41, 5.74) is 1.86. The van der Waals surface area contributed by atoms with Crippen molar-refractivity contribution in [2.24, 2.45) is 0 Å². The van der Waals surface area contributed by atoms with E-state index in [1.54, 1.807) is 7.11 Å². The van der Waals surface area contributed by atoms with Gasteiger partial charge in [0.1, 0.15) is 11.6 Å². The Morgan fingerprint density at radius 2 is 2.25 bits per heavy atom. The maximum atomic E-state index is 9.60. The zero-order valence-corrected chi connectivity index (χ0v) is 12.9. The second-order valence-corrected chi connectivity index (χ2v) is 6.14. The first-order valence-electron chi connectivity index (χ1n) is 6.69. The van der Waals surface area contributed by atoms with E-state index in [0.29, 0.717) is 0 Å². The molecule has 0 aliphatic heterocycles. The lowest BCUT2D eigenvalue weighted by Crippen LogP contribution is -2.39. The first kappa shape index (κ1) is 13.6. The Morgan fingerprint density at radius 1 is 1.45 bits per heavy atom. The van der Waals surface area contributed by atoms with Crippen LogP contribution in [-0.4, -0.2) is 28.8 Å². The van der Waals surface area contributed by atoms with Crippen LogP contribution in [0.2, 0.25) is 0 Å². The van der Waals surface area contributed by atoms with Gasteiger partial charge in [-0.2, -0.15) is 0 Å². The van der Waals surface area contributed by atoms with Crippen LogP contribution in [0.15, 0.2) is 28.9 Å². The molecule has 1 aromatic carbocycles.